The maximum atomic E-state index is 4.48. The Bertz CT molecular complexity index is 714. The van der Waals surface area contributed by atoms with Crippen LogP contribution in [0.5, 0.6) is 0 Å². The van der Waals surface area contributed by atoms with E-state index in [1.165, 1.54) is 4.70 Å². The van der Waals surface area contributed by atoms with Gasteiger partial charge in [-0.2, -0.15) is 0 Å². The Kier molecular flexibility index (Phi) is 3.69. The number of nitrogens with one attached hydrogen (secondary N) is 1. The summed E-state index contributed by atoms with van der Waals surface area (Å²) in [5.74, 6) is 1.08. The Morgan fingerprint density at radius 1 is 1.35 bits per heavy atom. The van der Waals surface area contributed by atoms with Gasteiger partial charge in [-0.05, 0) is 31.5 Å². The van der Waals surface area contributed by atoms with Gasteiger partial charge in [0.15, 0.2) is 0 Å². The van der Waals surface area contributed by atoms with Crippen molar-refractivity contribution in [3.8, 4) is 0 Å². The summed E-state index contributed by atoms with van der Waals surface area (Å²) < 4.78 is 3.42. The summed E-state index contributed by atoms with van der Waals surface area (Å²) in [6.45, 7) is 5.98. The summed E-state index contributed by atoms with van der Waals surface area (Å²) in [7, 11) is 0. The van der Waals surface area contributed by atoms with Crippen molar-refractivity contribution in [2.24, 2.45) is 0 Å². The van der Waals surface area contributed by atoms with Crippen LogP contribution in [0.15, 0.2) is 30.6 Å². The topological polar surface area (TPSA) is 42.7 Å². The molecule has 1 aromatic carbocycles. The van der Waals surface area contributed by atoms with Crippen molar-refractivity contribution >= 4 is 27.2 Å². The number of nitrogens with zero attached hydrogens (tertiary/aromatic N) is 3. The van der Waals surface area contributed by atoms with E-state index in [0.29, 0.717) is 0 Å². The van der Waals surface area contributed by atoms with Gasteiger partial charge in [-0.25, -0.2) is 9.97 Å². The third-order valence-corrected chi connectivity index (χ3v) is 4.15. The van der Waals surface area contributed by atoms with Crippen molar-refractivity contribution in [1.29, 1.82) is 0 Å². The SMILES string of the molecule is CCCn1ccnc1CNc1ccc2nc(C)sc2c1. The molecule has 0 saturated heterocycles. The van der Waals surface area contributed by atoms with Crippen LogP contribution in [0.25, 0.3) is 10.2 Å². The molecule has 0 bridgehead atoms. The second-order valence-electron chi connectivity index (χ2n) is 4.81. The molecule has 0 amide bonds. The standard InChI is InChI=1S/C15H18N4S/c1-3-7-19-8-6-16-15(19)10-17-12-4-5-13-14(9-12)20-11(2)18-13/h4-6,8-9,17H,3,7,10H2,1-2H3. The Balaban J connectivity index is 1.74. The zero-order valence-corrected chi connectivity index (χ0v) is 12.6. The first kappa shape index (κ1) is 13.1. The minimum Gasteiger partial charge on any atom is -0.378 e. The monoisotopic (exact) mass is 286 g/mol. The fraction of sp³-hybridized carbons (Fsp3) is 0.333. The van der Waals surface area contributed by atoms with Crippen LogP contribution < -0.4 is 5.32 Å². The lowest BCUT2D eigenvalue weighted by Gasteiger charge is -2.08. The van der Waals surface area contributed by atoms with E-state index in [1.807, 2.05) is 19.3 Å². The van der Waals surface area contributed by atoms with Crippen LogP contribution in [0.4, 0.5) is 5.69 Å². The second kappa shape index (κ2) is 5.63. The molecule has 1 N–H and O–H groups in total. The van der Waals surface area contributed by atoms with Gasteiger partial charge in [-0.3, -0.25) is 0 Å². The number of thiazole rings is 1. The Morgan fingerprint density at radius 2 is 2.25 bits per heavy atom. The summed E-state index contributed by atoms with van der Waals surface area (Å²) in [5.41, 5.74) is 2.19. The van der Waals surface area contributed by atoms with Crippen molar-refractivity contribution < 1.29 is 0 Å². The molecule has 0 aliphatic carbocycles. The van der Waals surface area contributed by atoms with Gasteiger partial charge in [0.2, 0.25) is 0 Å². The molecular formula is C15H18N4S. The number of hydrogen-bond acceptors (Lipinski definition) is 4. The fourth-order valence-corrected chi connectivity index (χ4v) is 3.15. The van der Waals surface area contributed by atoms with Crippen LogP contribution >= 0.6 is 11.3 Å². The Morgan fingerprint density at radius 3 is 3.10 bits per heavy atom. The maximum Gasteiger partial charge on any atom is 0.128 e. The Labute approximate surface area is 122 Å². The molecular weight excluding hydrogens is 268 g/mol. The van der Waals surface area contributed by atoms with E-state index in [1.54, 1.807) is 11.3 Å². The lowest BCUT2D eigenvalue weighted by Crippen LogP contribution is -2.08. The first-order valence-corrected chi connectivity index (χ1v) is 7.69. The quantitative estimate of drug-likeness (QED) is 0.775. The molecule has 0 unspecified atom stereocenters. The van der Waals surface area contributed by atoms with Crippen molar-refractivity contribution in [2.75, 3.05) is 5.32 Å². The number of imidazole rings is 1. The number of aryl methyl sites for hydroxylation is 2. The predicted octanol–water partition coefficient (Wildman–Crippen LogP) is 3.82. The second-order valence-corrected chi connectivity index (χ2v) is 6.04. The number of anilines is 1. The first-order valence-electron chi connectivity index (χ1n) is 6.87. The van der Waals surface area contributed by atoms with Gasteiger partial charge >= 0.3 is 0 Å². The van der Waals surface area contributed by atoms with Crippen LogP contribution in [0, 0.1) is 6.92 Å². The van der Waals surface area contributed by atoms with E-state index in [9.17, 15) is 0 Å². The number of aromatic nitrogens is 3. The van der Waals surface area contributed by atoms with Crippen LogP contribution in [0.2, 0.25) is 0 Å². The van der Waals surface area contributed by atoms with Crippen LogP contribution in [-0.2, 0) is 13.1 Å². The van der Waals surface area contributed by atoms with Crippen molar-refractivity contribution in [2.45, 2.75) is 33.4 Å². The normalized spacial score (nSPS) is 11.1. The molecule has 0 saturated carbocycles. The average Bonchev–Trinajstić information content (AvgIpc) is 3.01. The van der Waals surface area contributed by atoms with Gasteiger partial charge in [-0.15, -0.1) is 11.3 Å². The molecule has 0 aliphatic rings. The molecule has 104 valence electrons. The van der Waals surface area contributed by atoms with E-state index in [4.69, 9.17) is 0 Å². The molecule has 20 heavy (non-hydrogen) atoms. The van der Waals surface area contributed by atoms with E-state index < -0.39 is 0 Å². The highest BCUT2D eigenvalue weighted by Crippen LogP contribution is 2.24. The molecule has 4 nitrogen and oxygen atoms in total. The van der Waals surface area contributed by atoms with Gasteiger partial charge < -0.3 is 9.88 Å². The lowest BCUT2D eigenvalue weighted by atomic mass is 10.3. The van der Waals surface area contributed by atoms with Gasteiger partial charge in [0.05, 0.1) is 21.8 Å². The van der Waals surface area contributed by atoms with Gasteiger partial charge in [0.1, 0.15) is 5.82 Å². The number of hydrogen-bond donors (Lipinski definition) is 1. The minimum absolute atomic E-state index is 0.746. The largest absolute Gasteiger partial charge is 0.378 e. The number of benzene rings is 1. The highest BCUT2D eigenvalue weighted by Gasteiger charge is 2.04. The molecule has 0 fully saturated rings. The molecule has 0 spiro atoms. The minimum atomic E-state index is 0.746. The Hall–Kier alpha value is -1.88. The molecule has 0 atom stereocenters. The molecule has 3 aromatic rings. The van der Waals surface area contributed by atoms with E-state index in [2.05, 4.69) is 45.0 Å². The fourth-order valence-electron chi connectivity index (χ4n) is 2.28. The maximum absolute atomic E-state index is 4.48. The summed E-state index contributed by atoms with van der Waals surface area (Å²) in [6.07, 6.45) is 5.02. The van der Waals surface area contributed by atoms with Crippen LogP contribution in [0.3, 0.4) is 0 Å². The highest BCUT2D eigenvalue weighted by molar-refractivity contribution is 7.18. The predicted molar refractivity (Wildman–Crippen MR) is 84.2 cm³/mol. The van der Waals surface area contributed by atoms with Crippen LogP contribution in [-0.4, -0.2) is 14.5 Å². The van der Waals surface area contributed by atoms with Gasteiger partial charge in [0.25, 0.3) is 0 Å². The van der Waals surface area contributed by atoms with Crippen molar-refractivity contribution in [1.82, 2.24) is 14.5 Å². The summed E-state index contributed by atoms with van der Waals surface area (Å²) in [5, 5.41) is 4.55. The van der Waals surface area contributed by atoms with E-state index in [-0.39, 0.29) is 0 Å². The summed E-state index contributed by atoms with van der Waals surface area (Å²) in [6, 6.07) is 6.31. The lowest BCUT2D eigenvalue weighted by molar-refractivity contribution is 0.644. The highest BCUT2D eigenvalue weighted by atomic mass is 32.1. The third-order valence-electron chi connectivity index (χ3n) is 3.21. The van der Waals surface area contributed by atoms with Gasteiger partial charge in [0, 0.05) is 24.6 Å². The zero-order chi connectivity index (χ0) is 13.9. The average molecular weight is 286 g/mol. The number of fused-ring (bicyclic) bond motifs is 1. The van der Waals surface area contributed by atoms with Crippen molar-refractivity contribution in [3.63, 3.8) is 0 Å². The van der Waals surface area contributed by atoms with Crippen molar-refractivity contribution in [3.05, 3.63) is 41.4 Å². The van der Waals surface area contributed by atoms with E-state index in [0.717, 1.165) is 41.5 Å². The molecule has 2 aromatic heterocycles. The van der Waals surface area contributed by atoms with Gasteiger partial charge in [-0.1, -0.05) is 6.92 Å². The summed E-state index contributed by atoms with van der Waals surface area (Å²) >= 11 is 1.73. The molecule has 3 rings (SSSR count). The van der Waals surface area contributed by atoms with E-state index >= 15 is 0 Å². The summed E-state index contributed by atoms with van der Waals surface area (Å²) in [4.78, 5) is 8.88. The molecule has 0 aliphatic heterocycles. The number of rotatable bonds is 5. The third kappa shape index (κ3) is 2.67. The molecule has 0 radical (unpaired) electrons. The first-order chi connectivity index (χ1) is 9.76. The molecule has 2 heterocycles. The smallest absolute Gasteiger partial charge is 0.128 e. The molecule has 5 heteroatoms. The van der Waals surface area contributed by atoms with Crippen LogP contribution in [0.1, 0.15) is 24.2 Å². The zero-order valence-electron chi connectivity index (χ0n) is 11.8.